The van der Waals surface area contributed by atoms with Gasteiger partial charge in [0.15, 0.2) is 0 Å². The molecule has 0 spiro atoms. The molecule has 1 aliphatic heterocycles. The van der Waals surface area contributed by atoms with E-state index in [0.29, 0.717) is 21.2 Å². The van der Waals surface area contributed by atoms with Crippen LogP contribution in [0.25, 0.3) is 0 Å². The molecule has 1 atom stereocenters. The van der Waals surface area contributed by atoms with Crippen LogP contribution >= 0.6 is 23.2 Å². The third-order valence-electron chi connectivity index (χ3n) is 4.25. The van der Waals surface area contributed by atoms with E-state index in [0.717, 1.165) is 16.0 Å². The predicted octanol–water partition coefficient (Wildman–Crippen LogP) is 3.78. The first-order chi connectivity index (χ1) is 12.3. The standard InChI is InChI=1S/C19H16Cl2N2O3/c1-10-3-5-13-14(7-10)19(26)23(18(13)25)9-17(24)22-11(2)12-4-6-15(20)16(21)8-12/h3-8,11H,9H2,1-2H3,(H,22,24). The van der Waals surface area contributed by atoms with E-state index in [-0.39, 0.29) is 12.6 Å². The molecule has 0 saturated carbocycles. The molecule has 0 aliphatic carbocycles. The van der Waals surface area contributed by atoms with Gasteiger partial charge in [0.2, 0.25) is 5.91 Å². The molecule has 0 bridgehead atoms. The van der Waals surface area contributed by atoms with Gasteiger partial charge in [0.1, 0.15) is 6.54 Å². The summed E-state index contributed by atoms with van der Waals surface area (Å²) >= 11 is 11.9. The van der Waals surface area contributed by atoms with E-state index in [4.69, 9.17) is 23.2 Å². The number of nitrogens with one attached hydrogen (secondary N) is 1. The Bertz CT molecular complexity index is 927. The molecule has 1 heterocycles. The molecular weight excluding hydrogens is 375 g/mol. The zero-order chi connectivity index (χ0) is 19.0. The number of aryl methyl sites for hydroxylation is 1. The predicted molar refractivity (Wildman–Crippen MR) is 99.6 cm³/mol. The maximum atomic E-state index is 12.4. The highest BCUT2D eigenvalue weighted by Gasteiger charge is 2.36. The van der Waals surface area contributed by atoms with Gasteiger partial charge in [-0.25, -0.2) is 0 Å². The van der Waals surface area contributed by atoms with Crippen LogP contribution in [0.2, 0.25) is 10.0 Å². The second-order valence-corrected chi connectivity index (χ2v) is 7.02. The zero-order valence-corrected chi connectivity index (χ0v) is 15.7. The van der Waals surface area contributed by atoms with Gasteiger partial charge in [-0.1, -0.05) is 40.9 Å². The quantitative estimate of drug-likeness (QED) is 0.807. The van der Waals surface area contributed by atoms with E-state index < -0.39 is 17.7 Å². The first kappa shape index (κ1) is 18.4. The monoisotopic (exact) mass is 390 g/mol. The Morgan fingerprint density at radius 1 is 1.04 bits per heavy atom. The maximum absolute atomic E-state index is 12.4. The topological polar surface area (TPSA) is 66.5 Å². The molecule has 1 unspecified atom stereocenters. The van der Waals surface area contributed by atoms with Gasteiger partial charge in [-0.15, -0.1) is 0 Å². The molecule has 0 fully saturated rings. The fourth-order valence-corrected chi connectivity index (χ4v) is 3.15. The van der Waals surface area contributed by atoms with Crippen molar-refractivity contribution in [2.45, 2.75) is 19.9 Å². The number of amides is 3. The summed E-state index contributed by atoms with van der Waals surface area (Å²) in [7, 11) is 0. The van der Waals surface area contributed by atoms with E-state index in [1.54, 1.807) is 43.3 Å². The lowest BCUT2D eigenvalue weighted by Gasteiger charge is -2.18. The number of nitrogens with zero attached hydrogens (tertiary/aromatic N) is 1. The van der Waals surface area contributed by atoms with Gasteiger partial charge in [0.05, 0.1) is 27.2 Å². The first-order valence-electron chi connectivity index (χ1n) is 7.99. The fourth-order valence-electron chi connectivity index (χ4n) is 2.84. The summed E-state index contributed by atoms with van der Waals surface area (Å²) < 4.78 is 0. The van der Waals surface area contributed by atoms with Crippen LogP contribution in [0, 0.1) is 6.92 Å². The number of halogens is 2. The average molecular weight is 391 g/mol. The van der Waals surface area contributed by atoms with Crippen LogP contribution in [0.3, 0.4) is 0 Å². The van der Waals surface area contributed by atoms with Crippen molar-refractivity contribution in [2.75, 3.05) is 6.54 Å². The number of carbonyl (C=O) groups excluding carboxylic acids is 3. The van der Waals surface area contributed by atoms with Gasteiger partial charge in [-0.05, 0) is 43.7 Å². The highest BCUT2D eigenvalue weighted by atomic mass is 35.5. The van der Waals surface area contributed by atoms with Gasteiger partial charge in [-0.3, -0.25) is 19.3 Å². The van der Waals surface area contributed by atoms with E-state index in [9.17, 15) is 14.4 Å². The Balaban J connectivity index is 1.69. The van der Waals surface area contributed by atoms with Gasteiger partial charge < -0.3 is 5.32 Å². The lowest BCUT2D eigenvalue weighted by atomic mass is 10.1. The molecule has 26 heavy (non-hydrogen) atoms. The van der Waals surface area contributed by atoms with Crippen LogP contribution in [0.1, 0.15) is 44.8 Å². The zero-order valence-electron chi connectivity index (χ0n) is 14.2. The number of hydrogen-bond acceptors (Lipinski definition) is 3. The Morgan fingerprint density at radius 3 is 2.42 bits per heavy atom. The third kappa shape index (κ3) is 3.45. The minimum Gasteiger partial charge on any atom is -0.348 e. The Hall–Kier alpha value is -2.37. The molecule has 1 N–H and O–H groups in total. The van der Waals surface area contributed by atoms with Crippen molar-refractivity contribution in [3.63, 3.8) is 0 Å². The summed E-state index contributed by atoms with van der Waals surface area (Å²) in [5.41, 5.74) is 2.31. The van der Waals surface area contributed by atoms with Crippen LogP contribution in [-0.4, -0.2) is 29.2 Å². The largest absolute Gasteiger partial charge is 0.348 e. The SMILES string of the molecule is Cc1ccc2c(c1)C(=O)N(CC(=O)NC(C)c1ccc(Cl)c(Cl)c1)C2=O. The molecular formula is C19H16Cl2N2O3. The van der Waals surface area contributed by atoms with Gasteiger partial charge in [0, 0.05) is 0 Å². The molecule has 3 rings (SSSR count). The number of fused-ring (bicyclic) bond motifs is 1. The summed E-state index contributed by atoms with van der Waals surface area (Å²) in [4.78, 5) is 38.1. The molecule has 0 aromatic heterocycles. The average Bonchev–Trinajstić information content (AvgIpc) is 2.81. The van der Waals surface area contributed by atoms with Crippen molar-refractivity contribution in [1.29, 1.82) is 0 Å². The van der Waals surface area contributed by atoms with Crippen LogP contribution in [0.4, 0.5) is 0 Å². The Kier molecular flexibility index (Phi) is 5.03. The van der Waals surface area contributed by atoms with Crippen molar-refractivity contribution in [3.05, 3.63) is 68.7 Å². The van der Waals surface area contributed by atoms with Crippen molar-refractivity contribution in [1.82, 2.24) is 10.2 Å². The lowest BCUT2D eigenvalue weighted by Crippen LogP contribution is -2.41. The van der Waals surface area contributed by atoms with Crippen molar-refractivity contribution < 1.29 is 14.4 Å². The van der Waals surface area contributed by atoms with E-state index in [2.05, 4.69) is 5.32 Å². The number of hydrogen-bond donors (Lipinski definition) is 1. The lowest BCUT2D eigenvalue weighted by molar-refractivity contribution is -0.122. The number of carbonyl (C=O) groups is 3. The molecule has 0 radical (unpaired) electrons. The molecule has 7 heteroatoms. The molecule has 2 aromatic carbocycles. The number of rotatable bonds is 4. The maximum Gasteiger partial charge on any atom is 0.262 e. The number of benzene rings is 2. The van der Waals surface area contributed by atoms with Crippen LogP contribution in [-0.2, 0) is 4.79 Å². The molecule has 1 aliphatic rings. The van der Waals surface area contributed by atoms with Crippen molar-refractivity contribution in [2.24, 2.45) is 0 Å². The molecule has 0 saturated heterocycles. The second-order valence-electron chi connectivity index (χ2n) is 6.21. The van der Waals surface area contributed by atoms with E-state index in [1.807, 2.05) is 6.92 Å². The van der Waals surface area contributed by atoms with Crippen LogP contribution in [0.15, 0.2) is 36.4 Å². The summed E-state index contributed by atoms with van der Waals surface area (Å²) in [5, 5.41) is 3.58. The normalized spacial score (nSPS) is 14.4. The summed E-state index contributed by atoms with van der Waals surface area (Å²) in [6.07, 6.45) is 0. The van der Waals surface area contributed by atoms with Crippen LogP contribution in [0.5, 0.6) is 0 Å². The first-order valence-corrected chi connectivity index (χ1v) is 8.74. The van der Waals surface area contributed by atoms with Crippen molar-refractivity contribution in [3.8, 4) is 0 Å². The summed E-state index contributed by atoms with van der Waals surface area (Å²) in [6.45, 7) is 3.28. The third-order valence-corrected chi connectivity index (χ3v) is 4.99. The molecule has 2 aromatic rings. The van der Waals surface area contributed by atoms with Gasteiger partial charge in [-0.2, -0.15) is 0 Å². The molecule has 5 nitrogen and oxygen atoms in total. The van der Waals surface area contributed by atoms with Gasteiger partial charge in [0.25, 0.3) is 11.8 Å². The Morgan fingerprint density at radius 2 is 1.73 bits per heavy atom. The minimum absolute atomic E-state index is 0.325. The Labute approximate surface area is 160 Å². The highest BCUT2D eigenvalue weighted by molar-refractivity contribution is 6.42. The van der Waals surface area contributed by atoms with E-state index in [1.165, 1.54) is 0 Å². The van der Waals surface area contributed by atoms with E-state index >= 15 is 0 Å². The molecule has 3 amide bonds. The van der Waals surface area contributed by atoms with Crippen molar-refractivity contribution >= 4 is 40.9 Å². The fraction of sp³-hybridized carbons (Fsp3) is 0.211. The number of imide groups is 1. The van der Waals surface area contributed by atoms with Crippen LogP contribution < -0.4 is 5.32 Å². The molecule has 134 valence electrons. The summed E-state index contributed by atoms with van der Waals surface area (Å²) in [5.74, 6) is -1.34. The minimum atomic E-state index is -0.456. The van der Waals surface area contributed by atoms with Gasteiger partial charge >= 0.3 is 0 Å². The smallest absolute Gasteiger partial charge is 0.262 e. The second kappa shape index (κ2) is 7.09. The highest BCUT2D eigenvalue weighted by Crippen LogP contribution is 2.26. The summed E-state index contributed by atoms with van der Waals surface area (Å²) in [6, 6.07) is 9.75.